The van der Waals surface area contributed by atoms with E-state index in [1.165, 1.54) is 24.3 Å². The number of Topliss-reactive ketones (excluding diaryl/α,β-unsaturated/α-hetero) is 1. The molecule has 2 amide bonds. The van der Waals surface area contributed by atoms with E-state index in [0.717, 1.165) is 0 Å². The van der Waals surface area contributed by atoms with Gasteiger partial charge in [0.25, 0.3) is 0 Å². The number of amides is 2. The average molecular weight is 253 g/mol. The summed E-state index contributed by atoms with van der Waals surface area (Å²) in [7, 11) is 0. The fourth-order valence-corrected chi connectivity index (χ4v) is 1.37. The average Bonchev–Trinajstić information content (AvgIpc) is 2.28. The van der Waals surface area contributed by atoms with Crippen LogP contribution in [0.5, 0.6) is 0 Å². The molecule has 1 aromatic carbocycles. The standard InChI is InChI=1S/C12H12FNO4/c13-9-6-4-8(5-7-9)10(15)2-1-3-11(16)14-12(17)18/h4-7H,1-3H2,(H,14,16)(H,17,18). The molecule has 0 aromatic heterocycles. The Hall–Kier alpha value is -2.24. The van der Waals surface area contributed by atoms with Crippen LogP contribution in [0.15, 0.2) is 24.3 Å². The molecular formula is C12H12FNO4. The van der Waals surface area contributed by atoms with Crippen molar-refractivity contribution in [2.75, 3.05) is 0 Å². The van der Waals surface area contributed by atoms with Crippen molar-refractivity contribution in [1.29, 1.82) is 0 Å². The normalized spacial score (nSPS) is 9.83. The molecule has 0 fully saturated rings. The zero-order valence-electron chi connectivity index (χ0n) is 9.48. The summed E-state index contributed by atoms with van der Waals surface area (Å²) < 4.78 is 12.6. The Balaban J connectivity index is 2.35. The molecule has 0 radical (unpaired) electrons. The maximum Gasteiger partial charge on any atom is 0.411 e. The Morgan fingerprint density at radius 1 is 1.11 bits per heavy atom. The molecule has 0 atom stereocenters. The van der Waals surface area contributed by atoms with Gasteiger partial charge in [-0.15, -0.1) is 0 Å². The van der Waals surface area contributed by atoms with Crippen molar-refractivity contribution >= 4 is 17.8 Å². The molecular weight excluding hydrogens is 241 g/mol. The number of imide groups is 1. The van der Waals surface area contributed by atoms with Crippen LogP contribution in [0.3, 0.4) is 0 Å². The van der Waals surface area contributed by atoms with Crippen LogP contribution >= 0.6 is 0 Å². The maximum absolute atomic E-state index is 12.6. The number of carbonyl (C=O) groups is 3. The van der Waals surface area contributed by atoms with Crippen molar-refractivity contribution in [3.05, 3.63) is 35.6 Å². The van der Waals surface area contributed by atoms with Crippen LogP contribution in [-0.4, -0.2) is 22.9 Å². The number of carbonyl (C=O) groups excluding carboxylic acids is 2. The third kappa shape index (κ3) is 4.73. The van der Waals surface area contributed by atoms with Crippen molar-refractivity contribution in [2.45, 2.75) is 19.3 Å². The minimum Gasteiger partial charge on any atom is -0.465 e. The first kappa shape index (κ1) is 13.8. The van der Waals surface area contributed by atoms with Crippen molar-refractivity contribution in [3.63, 3.8) is 0 Å². The molecule has 6 heteroatoms. The second kappa shape index (κ2) is 6.48. The SMILES string of the molecule is O=C(O)NC(=O)CCCC(=O)c1ccc(F)cc1. The van der Waals surface area contributed by atoms with Crippen LogP contribution in [0.2, 0.25) is 0 Å². The van der Waals surface area contributed by atoms with Crippen LogP contribution in [0.4, 0.5) is 9.18 Å². The summed E-state index contributed by atoms with van der Waals surface area (Å²) in [5.41, 5.74) is 0.370. The largest absolute Gasteiger partial charge is 0.465 e. The molecule has 96 valence electrons. The van der Waals surface area contributed by atoms with Crippen LogP contribution < -0.4 is 5.32 Å². The fraction of sp³-hybridized carbons (Fsp3) is 0.250. The second-order valence-electron chi connectivity index (χ2n) is 3.64. The minimum absolute atomic E-state index is 0.0424. The van der Waals surface area contributed by atoms with E-state index in [2.05, 4.69) is 0 Å². The van der Waals surface area contributed by atoms with Crippen molar-refractivity contribution in [3.8, 4) is 0 Å². The molecule has 5 nitrogen and oxygen atoms in total. The highest BCUT2D eigenvalue weighted by Gasteiger charge is 2.09. The molecule has 0 saturated heterocycles. The van der Waals surface area contributed by atoms with Gasteiger partial charge in [0.1, 0.15) is 5.82 Å². The van der Waals surface area contributed by atoms with E-state index in [4.69, 9.17) is 5.11 Å². The van der Waals surface area contributed by atoms with Crippen molar-refractivity contribution in [2.24, 2.45) is 0 Å². The molecule has 0 spiro atoms. The number of ketones is 1. The van der Waals surface area contributed by atoms with Gasteiger partial charge >= 0.3 is 6.09 Å². The topological polar surface area (TPSA) is 83.5 Å². The summed E-state index contributed by atoms with van der Waals surface area (Å²) in [5, 5.41) is 9.94. The minimum atomic E-state index is -1.41. The summed E-state index contributed by atoms with van der Waals surface area (Å²) >= 11 is 0. The highest BCUT2D eigenvalue weighted by molar-refractivity contribution is 5.96. The number of hydrogen-bond acceptors (Lipinski definition) is 3. The number of rotatable bonds is 5. The number of nitrogens with one attached hydrogen (secondary N) is 1. The lowest BCUT2D eigenvalue weighted by molar-refractivity contribution is -0.120. The van der Waals surface area contributed by atoms with Gasteiger partial charge in [0, 0.05) is 18.4 Å². The van der Waals surface area contributed by atoms with Crippen molar-refractivity contribution < 1.29 is 23.9 Å². The van der Waals surface area contributed by atoms with Crippen LogP contribution in [-0.2, 0) is 4.79 Å². The van der Waals surface area contributed by atoms with Gasteiger partial charge < -0.3 is 5.11 Å². The molecule has 18 heavy (non-hydrogen) atoms. The molecule has 0 unspecified atom stereocenters. The van der Waals surface area contributed by atoms with Gasteiger partial charge in [0.05, 0.1) is 0 Å². The van der Waals surface area contributed by atoms with Crippen LogP contribution in [0.25, 0.3) is 0 Å². The summed E-state index contributed by atoms with van der Waals surface area (Å²) in [6.07, 6.45) is -1.10. The van der Waals surface area contributed by atoms with E-state index in [0.29, 0.717) is 5.56 Å². The summed E-state index contributed by atoms with van der Waals surface area (Å²) in [4.78, 5) is 32.7. The monoisotopic (exact) mass is 253 g/mol. The second-order valence-corrected chi connectivity index (χ2v) is 3.64. The lowest BCUT2D eigenvalue weighted by atomic mass is 10.1. The summed E-state index contributed by atoms with van der Waals surface area (Å²) in [6, 6.07) is 5.11. The van der Waals surface area contributed by atoms with Crippen molar-refractivity contribution in [1.82, 2.24) is 5.32 Å². The van der Waals surface area contributed by atoms with Gasteiger partial charge in [-0.3, -0.25) is 14.9 Å². The predicted molar refractivity (Wildman–Crippen MR) is 60.7 cm³/mol. The van der Waals surface area contributed by atoms with Gasteiger partial charge in [-0.05, 0) is 30.7 Å². The number of halogens is 1. The van der Waals surface area contributed by atoms with E-state index < -0.39 is 17.8 Å². The highest BCUT2D eigenvalue weighted by atomic mass is 19.1. The highest BCUT2D eigenvalue weighted by Crippen LogP contribution is 2.08. The first-order chi connectivity index (χ1) is 8.49. The molecule has 0 aliphatic carbocycles. The molecule has 0 aliphatic heterocycles. The molecule has 0 aliphatic rings. The third-order valence-corrected chi connectivity index (χ3v) is 2.22. The molecule has 1 aromatic rings. The zero-order valence-corrected chi connectivity index (χ0v) is 9.48. The number of carboxylic acid groups (broad SMARTS) is 1. The Morgan fingerprint density at radius 3 is 2.28 bits per heavy atom. The summed E-state index contributed by atoms with van der Waals surface area (Å²) in [5.74, 6) is -1.28. The molecule has 2 N–H and O–H groups in total. The van der Waals surface area contributed by atoms with E-state index in [1.807, 2.05) is 0 Å². The Labute approximate surface area is 103 Å². The van der Waals surface area contributed by atoms with Gasteiger partial charge in [-0.1, -0.05) is 0 Å². The van der Waals surface area contributed by atoms with E-state index >= 15 is 0 Å². The number of hydrogen-bond donors (Lipinski definition) is 2. The Bertz CT molecular complexity index is 456. The Kier molecular flexibility index (Phi) is 4.98. The summed E-state index contributed by atoms with van der Waals surface area (Å²) in [6.45, 7) is 0. The molecule has 0 saturated carbocycles. The fourth-order valence-electron chi connectivity index (χ4n) is 1.37. The molecule has 1 rings (SSSR count). The molecule has 0 bridgehead atoms. The number of benzene rings is 1. The van der Waals surface area contributed by atoms with Gasteiger partial charge in [0.2, 0.25) is 5.91 Å². The van der Waals surface area contributed by atoms with E-state index in [-0.39, 0.29) is 25.0 Å². The predicted octanol–water partition coefficient (Wildman–Crippen LogP) is 1.97. The quantitative estimate of drug-likeness (QED) is 0.786. The molecule has 0 heterocycles. The third-order valence-electron chi connectivity index (χ3n) is 2.22. The van der Waals surface area contributed by atoms with Crippen LogP contribution in [0, 0.1) is 5.82 Å². The lowest BCUT2D eigenvalue weighted by Gasteiger charge is -2.01. The van der Waals surface area contributed by atoms with Gasteiger partial charge in [0.15, 0.2) is 5.78 Å². The van der Waals surface area contributed by atoms with E-state index in [9.17, 15) is 18.8 Å². The van der Waals surface area contributed by atoms with Gasteiger partial charge in [-0.25, -0.2) is 9.18 Å². The lowest BCUT2D eigenvalue weighted by Crippen LogP contribution is -2.28. The first-order valence-electron chi connectivity index (χ1n) is 5.30. The zero-order chi connectivity index (χ0) is 13.5. The van der Waals surface area contributed by atoms with E-state index in [1.54, 1.807) is 5.32 Å². The maximum atomic E-state index is 12.6. The smallest absolute Gasteiger partial charge is 0.411 e. The van der Waals surface area contributed by atoms with Gasteiger partial charge in [-0.2, -0.15) is 0 Å². The first-order valence-corrected chi connectivity index (χ1v) is 5.30. The van der Waals surface area contributed by atoms with Crippen LogP contribution in [0.1, 0.15) is 29.6 Å². The Morgan fingerprint density at radius 2 is 1.72 bits per heavy atom.